The number of nitrogens with one attached hydrogen (secondary N) is 2. The van der Waals surface area contributed by atoms with Crippen LogP contribution in [0.4, 0.5) is 16.2 Å². The summed E-state index contributed by atoms with van der Waals surface area (Å²) in [5.41, 5.74) is 2.77. The van der Waals surface area contributed by atoms with Crippen LogP contribution in [0.5, 0.6) is 0 Å². The maximum Gasteiger partial charge on any atom is 0.325 e. The number of ether oxygens (including phenoxy) is 1. The molecule has 2 fully saturated rings. The average molecular weight is 452 g/mol. The first-order chi connectivity index (χ1) is 16.0. The van der Waals surface area contributed by atoms with Crippen molar-refractivity contribution in [1.82, 2.24) is 15.1 Å². The van der Waals surface area contributed by atoms with Crippen molar-refractivity contribution in [2.45, 2.75) is 12.5 Å². The predicted molar refractivity (Wildman–Crippen MR) is 125 cm³/mol. The van der Waals surface area contributed by atoms with Crippen LogP contribution in [-0.4, -0.2) is 80.3 Å². The van der Waals surface area contributed by atoms with Crippen LogP contribution in [0.2, 0.25) is 0 Å². The van der Waals surface area contributed by atoms with Gasteiger partial charge in [0.2, 0.25) is 5.91 Å². The molecular formula is C24H29N5O4. The van der Waals surface area contributed by atoms with Crippen LogP contribution in [-0.2, 0) is 20.7 Å². The highest BCUT2D eigenvalue weighted by Gasteiger charge is 2.38. The number of hydrogen-bond acceptors (Lipinski definition) is 6. The van der Waals surface area contributed by atoms with Crippen molar-refractivity contribution in [2.24, 2.45) is 0 Å². The molecule has 4 rings (SSSR count). The van der Waals surface area contributed by atoms with Crippen molar-refractivity contribution < 1.29 is 19.1 Å². The van der Waals surface area contributed by atoms with E-state index in [2.05, 4.69) is 15.5 Å². The number of urea groups is 1. The van der Waals surface area contributed by atoms with E-state index >= 15 is 0 Å². The van der Waals surface area contributed by atoms with Crippen molar-refractivity contribution in [3.8, 4) is 0 Å². The van der Waals surface area contributed by atoms with E-state index in [1.807, 2.05) is 54.6 Å². The third kappa shape index (κ3) is 5.88. The van der Waals surface area contributed by atoms with Crippen molar-refractivity contribution in [2.75, 3.05) is 56.8 Å². The number of imide groups is 1. The first kappa shape index (κ1) is 22.8. The van der Waals surface area contributed by atoms with Crippen LogP contribution in [0.3, 0.4) is 0 Å². The van der Waals surface area contributed by atoms with Gasteiger partial charge in [-0.2, -0.15) is 0 Å². The average Bonchev–Trinajstić information content (AvgIpc) is 3.08. The molecule has 0 aliphatic carbocycles. The number of anilines is 2. The molecule has 0 saturated carbocycles. The fourth-order valence-electron chi connectivity index (χ4n) is 4.01. The molecule has 2 aromatic rings. The molecule has 2 heterocycles. The Morgan fingerprint density at radius 1 is 1.09 bits per heavy atom. The van der Waals surface area contributed by atoms with Crippen LogP contribution in [0, 0.1) is 0 Å². The Bertz CT molecular complexity index is 976. The SMILES string of the molecule is CN(CC(=O)Nc1ccc(N2CCOCC2)cc1)CN1C(=O)NC(Cc2ccccc2)C1=O. The van der Waals surface area contributed by atoms with Gasteiger partial charge in [0.25, 0.3) is 5.91 Å². The van der Waals surface area contributed by atoms with E-state index in [9.17, 15) is 14.4 Å². The predicted octanol–water partition coefficient (Wildman–Crippen LogP) is 1.51. The monoisotopic (exact) mass is 451 g/mol. The van der Waals surface area contributed by atoms with Gasteiger partial charge in [0, 0.05) is 30.9 Å². The van der Waals surface area contributed by atoms with Gasteiger partial charge in [-0.3, -0.25) is 14.5 Å². The van der Waals surface area contributed by atoms with Gasteiger partial charge in [0.15, 0.2) is 0 Å². The number of carbonyl (C=O) groups is 3. The van der Waals surface area contributed by atoms with Crippen LogP contribution < -0.4 is 15.5 Å². The number of rotatable bonds is 8. The molecule has 1 unspecified atom stereocenters. The fraction of sp³-hybridized carbons (Fsp3) is 0.375. The van der Waals surface area contributed by atoms with Crippen molar-refractivity contribution >= 4 is 29.2 Å². The Labute approximate surface area is 193 Å². The van der Waals surface area contributed by atoms with Gasteiger partial charge in [0.1, 0.15) is 6.04 Å². The van der Waals surface area contributed by atoms with Gasteiger partial charge >= 0.3 is 6.03 Å². The highest BCUT2D eigenvalue weighted by atomic mass is 16.5. The third-order valence-corrected chi connectivity index (χ3v) is 5.71. The first-order valence-electron chi connectivity index (χ1n) is 11.1. The van der Waals surface area contributed by atoms with Crippen LogP contribution >= 0.6 is 0 Å². The summed E-state index contributed by atoms with van der Waals surface area (Å²) in [6, 6.07) is 16.2. The lowest BCUT2D eigenvalue weighted by molar-refractivity contribution is -0.129. The Morgan fingerprint density at radius 2 is 1.79 bits per heavy atom. The summed E-state index contributed by atoms with van der Waals surface area (Å²) in [4.78, 5) is 42.5. The molecule has 0 spiro atoms. The number of carbonyl (C=O) groups excluding carboxylic acids is 3. The lowest BCUT2D eigenvalue weighted by Crippen LogP contribution is -2.43. The third-order valence-electron chi connectivity index (χ3n) is 5.71. The Morgan fingerprint density at radius 3 is 2.48 bits per heavy atom. The lowest BCUT2D eigenvalue weighted by atomic mass is 10.1. The van der Waals surface area contributed by atoms with Gasteiger partial charge in [-0.1, -0.05) is 30.3 Å². The second kappa shape index (κ2) is 10.5. The van der Waals surface area contributed by atoms with Crippen LogP contribution in [0.1, 0.15) is 5.56 Å². The van der Waals surface area contributed by atoms with Crippen molar-refractivity contribution in [3.63, 3.8) is 0 Å². The zero-order valence-corrected chi connectivity index (χ0v) is 18.7. The lowest BCUT2D eigenvalue weighted by Gasteiger charge is -2.29. The van der Waals surface area contributed by atoms with E-state index in [4.69, 9.17) is 4.74 Å². The Hall–Kier alpha value is -3.43. The van der Waals surface area contributed by atoms with Crippen molar-refractivity contribution in [3.05, 3.63) is 60.2 Å². The smallest absolute Gasteiger partial charge is 0.325 e. The second-order valence-electron chi connectivity index (χ2n) is 8.31. The molecular weight excluding hydrogens is 422 g/mol. The number of nitrogens with zero attached hydrogens (tertiary/aromatic N) is 3. The second-order valence-corrected chi connectivity index (χ2v) is 8.31. The number of benzene rings is 2. The summed E-state index contributed by atoms with van der Waals surface area (Å²) in [7, 11) is 1.70. The summed E-state index contributed by atoms with van der Waals surface area (Å²) in [6.07, 6.45) is 0.437. The van der Waals surface area contributed by atoms with E-state index in [0.717, 1.165) is 42.5 Å². The minimum Gasteiger partial charge on any atom is -0.378 e. The van der Waals surface area contributed by atoms with Gasteiger partial charge in [-0.15, -0.1) is 0 Å². The number of hydrogen-bond donors (Lipinski definition) is 2. The summed E-state index contributed by atoms with van der Waals surface area (Å²) >= 11 is 0. The highest BCUT2D eigenvalue weighted by Crippen LogP contribution is 2.19. The largest absolute Gasteiger partial charge is 0.378 e. The van der Waals surface area contributed by atoms with Gasteiger partial charge in [-0.25, -0.2) is 9.69 Å². The van der Waals surface area contributed by atoms with E-state index in [0.29, 0.717) is 12.1 Å². The van der Waals surface area contributed by atoms with E-state index in [1.54, 1.807) is 11.9 Å². The minimum absolute atomic E-state index is 0.0410. The van der Waals surface area contributed by atoms with Gasteiger partial charge in [-0.05, 0) is 36.9 Å². The maximum absolute atomic E-state index is 12.7. The molecule has 4 amide bonds. The van der Waals surface area contributed by atoms with Gasteiger partial charge in [0.05, 0.1) is 26.4 Å². The normalized spacial score (nSPS) is 18.5. The topological polar surface area (TPSA) is 94.2 Å². The summed E-state index contributed by atoms with van der Waals surface area (Å²) in [6.45, 7) is 3.23. The molecule has 0 radical (unpaired) electrons. The summed E-state index contributed by atoms with van der Waals surface area (Å²) in [5.74, 6) is -0.501. The molecule has 9 nitrogen and oxygen atoms in total. The molecule has 174 valence electrons. The van der Waals surface area contributed by atoms with Crippen molar-refractivity contribution in [1.29, 1.82) is 0 Å². The summed E-state index contributed by atoms with van der Waals surface area (Å²) < 4.78 is 5.37. The summed E-state index contributed by atoms with van der Waals surface area (Å²) in [5, 5.41) is 5.60. The Kier molecular flexibility index (Phi) is 7.21. The van der Waals surface area contributed by atoms with E-state index in [1.165, 1.54) is 0 Å². The quantitative estimate of drug-likeness (QED) is 0.591. The maximum atomic E-state index is 12.7. The molecule has 9 heteroatoms. The molecule has 0 bridgehead atoms. The molecule has 2 saturated heterocycles. The first-order valence-corrected chi connectivity index (χ1v) is 11.1. The fourth-order valence-corrected chi connectivity index (χ4v) is 4.01. The zero-order valence-electron chi connectivity index (χ0n) is 18.7. The zero-order chi connectivity index (χ0) is 23.2. The van der Waals surface area contributed by atoms with Crippen LogP contribution in [0.25, 0.3) is 0 Å². The minimum atomic E-state index is -0.591. The number of amides is 4. The number of morpholine rings is 1. The molecule has 2 N–H and O–H groups in total. The van der Waals surface area contributed by atoms with E-state index < -0.39 is 12.1 Å². The highest BCUT2D eigenvalue weighted by molar-refractivity contribution is 6.04. The molecule has 1 atom stereocenters. The number of likely N-dealkylation sites (N-methyl/N-ethyl adjacent to an activating group) is 1. The van der Waals surface area contributed by atoms with E-state index in [-0.39, 0.29) is 25.0 Å². The molecule has 0 aromatic heterocycles. The molecule has 2 aromatic carbocycles. The van der Waals surface area contributed by atoms with Crippen LogP contribution in [0.15, 0.2) is 54.6 Å². The Balaban J connectivity index is 1.25. The molecule has 2 aliphatic heterocycles. The molecule has 2 aliphatic rings. The molecule has 33 heavy (non-hydrogen) atoms. The standard InChI is InChI=1S/C24H29N5O4/c1-27(17-29-23(31)21(26-24(29)32)15-18-5-3-2-4-6-18)16-22(30)25-19-7-9-20(10-8-19)28-11-13-33-14-12-28/h2-10,21H,11-17H2,1H3,(H,25,30)(H,26,32). The van der Waals surface area contributed by atoms with Gasteiger partial charge < -0.3 is 20.3 Å².